The van der Waals surface area contributed by atoms with Crippen molar-refractivity contribution in [2.45, 2.75) is 4.90 Å². The van der Waals surface area contributed by atoms with Gasteiger partial charge in [-0.15, -0.1) is 0 Å². The van der Waals surface area contributed by atoms with Gasteiger partial charge in [0.05, 0.1) is 15.1 Å². The van der Waals surface area contributed by atoms with Crippen LogP contribution in [0.25, 0.3) is 11.1 Å². The Morgan fingerprint density at radius 2 is 1.60 bits per heavy atom. The van der Waals surface area contributed by atoms with E-state index in [-0.39, 0.29) is 14.9 Å². The molecule has 2 aromatic carbocycles. The van der Waals surface area contributed by atoms with Crippen LogP contribution < -0.4 is 5.14 Å². The lowest BCUT2D eigenvalue weighted by Crippen LogP contribution is -2.14. The van der Waals surface area contributed by atoms with E-state index in [1.165, 1.54) is 0 Å². The van der Waals surface area contributed by atoms with Gasteiger partial charge in [0, 0.05) is 15.6 Å². The van der Waals surface area contributed by atoms with Gasteiger partial charge in [-0.05, 0) is 28.1 Å². The molecule has 0 aliphatic carbocycles. The summed E-state index contributed by atoms with van der Waals surface area (Å²) in [7, 11) is -4.03. The Hall–Kier alpha value is -0.300. The van der Waals surface area contributed by atoms with Gasteiger partial charge in [0.25, 0.3) is 0 Å². The summed E-state index contributed by atoms with van der Waals surface area (Å²) in [5, 5.41) is 5.79. The van der Waals surface area contributed by atoms with Gasteiger partial charge in [0.15, 0.2) is 0 Å². The van der Waals surface area contributed by atoms with Crippen LogP contribution in [0.15, 0.2) is 39.7 Å². The standard InChI is InChI=1S/C12H7BrCl3NO2S/c13-8-5-4-7(12(11(8)16)20(17,18)19)6-2-1-3-9(14)10(6)15/h1-5H,(H2,17,18,19). The van der Waals surface area contributed by atoms with Crippen molar-refractivity contribution in [1.29, 1.82) is 0 Å². The van der Waals surface area contributed by atoms with Gasteiger partial charge in [0.2, 0.25) is 10.0 Å². The maximum absolute atomic E-state index is 11.8. The predicted octanol–water partition coefficient (Wildman–Crippen LogP) is 4.72. The average Bonchev–Trinajstić information content (AvgIpc) is 2.34. The summed E-state index contributed by atoms with van der Waals surface area (Å²) in [5.41, 5.74) is 0.741. The minimum Gasteiger partial charge on any atom is -0.225 e. The third-order valence-electron chi connectivity index (χ3n) is 2.58. The predicted molar refractivity (Wildman–Crippen MR) is 86.0 cm³/mol. The number of sulfonamides is 1. The molecule has 2 aromatic rings. The van der Waals surface area contributed by atoms with Crippen LogP contribution in [0.2, 0.25) is 15.1 Å². The van der Waals surface area contributed by atoms with E-state index in [0.29, 0.717) is 20.6 Å². The maximum Gasteiger partial charge on any atom is 0.240 e. The first kappa shape index (κ1) is 16.1. The fourth-order valence-electron chi connectivity index (χ4n) is 1.73. The summed E-state index contributed by atoms with van der Waals surface area (Å²) in [6.45, 7) is 0. The zero-order valence-electron chi connectivity index (χ0n) is 9.70. The van der Waals surface area contributed by atoms with Crippen molar-refractivity contribution in [2.75, 3.05) is 0 Å². The first-order valence-corrected chi connectivity index (χ1v) is 8.66. The molecule has 106 valence electrons. The minimum atomic E-state index is -4.03. The summed E-state index contributed by atoms with van der Waals surface area (Å²) in [5.74, 6) is 0. The molecule has 0 unspecified atom stereocenters. The largest absolute Gasteiger partial charge is 0.240 e. The van der Waals surface area contributed by atoms with E-state index in [0.717, 1.165) is 0 Å². The van der Waals surface area contributed by atoms with Crippen LogP contribution in [0.4, 0.5) is 0 Å². The third kappa shape index (κ3) is 2.98. The first-order valence-electron chi connectivity index (χ1n) is 5.18. The summed E-state index contributed by atoms with van der Waals surface area (Å²) < 4.78 is 24.0. The van der Waals surface area contributed by atoms with Crippen molar-refractivity contribution in [2.24, 2.45) is 5.14 Å². The highest BCUT2D eigenvalue weighted by Crippen LogP contribution is 2.41. The maximum atomic E-state index is 11.8. The number of hydrogen-bond donors (Lipinski definition) is 1. The van der Waals surface area contributed by atoms with E-state index in [4.69, 9.17) is 39.9 Å². The minimum absolute atomic E-state index is 0.000965. The summed E-state index contributed by atoms with van der Waals surface area (Å²) in [4.78, 5) is -0.197. The molecule has 0 saturated carbocycles. The van der Waals surface area contributed by atoms with Crippen LogP contribution in [-0.2, 0) is 10.0 Å². The van der Waals surface area contributed by atoms with Crippen LogP contribution >= 0.6 is 50.7 Å². The number of rotatable bonds is 2. The van der Waals surface area contributed by atoms with Gasteiger partial charge in [-0.25, -0.2) is 13.6 Å². The second-order valence-electron chi connectivity index (χ2n) is 3.88. The number of benzene rings is 2. The molecule has 0 aliphatic rings. The lowest BCUT2D eigenvalue weighted by molar-refractivity contribution is 0.598. The molecular weight excluding hydrogens is 408 g/mol. The van der Waals surface area contributed by atoms with Crippen LogP contribution in [0, 0.1) is 0 Å². The molecule has 0 bridgehead atoms. The van der Waals surface area contributed by atoms with E-state index >= 15 is 0 Å². The van der Waals surface area contributed by atoms with Gasteiger partial charge in [0.1, 0.15) is 4.90 Å². The topological polar surface area (TPSA) is 60.2 Å². The molecule has 0 heterocycles. The first-order chi connectivity index (χ1) is 9.23. The van der Waals surface area contributed by atoms with Crippen molar-refractivity contribution in [3.05, 3.63) is 49.9 Å². The van der Waals surface area contributed by atoms with Crippen molar-refractivity contribution in [3.8, 4) is 11.1 Å². The molecule has 0 spiro atoms. The Balaban J connectivity index is 2.89. The Morgan fingerprint density at radius 1 is 0.950 bits per heavy atom. The van der Waals surface area contributed by atoms with Crippen LogP contribution in [0.3, 0.4) is 0 Å². The van der Waals surface area contributed by atoms with Crippen LogP contribution in [0.5, 0.6) is 0 Å². The fourth-order valence-corrected chi connectivity index (χ4v) is 3.93. The number of nitrogens with two attached hydrogens (primary N) is 1. The second-order valence-corrected chi connectivity index (χ2v) is 7.40. The highest BCUT2D eigenvalue weighted by atomic mass is 79.9. The van der Waals surface area contributed by atoms with E-state index in [2.05, 4.69) is 15.9 Å². The third-order valence-corrected chi connectivity index (χ3v) is 5.78. The summed E-state index contributed by atoms with van der Waals surface area (Å²) in [6, 6.07) is 8.08. The lowest BCUT2D eigenvalue weighted by atomic mass is 10.1. The highest BCUT2D eigenvalue weighted by Gasteiger charge is 2.23. The summed E-state index contributed by atoms with van der Waals surface area (Å²) >= 11 is 21.3. The van der Waals surface area contributed by atoms with Gasteiger partial charge in [-0.1, -0.05) is 53.0 Å². The zero-order chi connectivity index (χ0) is 15.1. The van der Waals surface area contributed by atoms with Gasteiger partial charge >= 0.3 is 0 Å². The van der Waals surface area contributed by atoms with E-state index in [1.54, 1.807) is 30.3 Å². The quantitative estimate of drug-likeness (QED) is 0.771. The van der Waals surface area contributed by atoms with Gasteiger partial charge in [-0.3, -0.25) is 0 Å². The van der Waals surface area contributed by atoms with Gasteiger partial charge in [-0.2, -0.15) is 0 Å². The number of primary sulfonamides is 1. The molecule has 0 aliphatic heterocycles. The Labute approximate surface area is 139 Å². The van der Waals surface area contributed by atoms with E-state index in [1.807, 2.05) is 0 Å². The highest BCUT2D eigenvalue weighted by molar-refractivity contribution is 9.10. The molecule has 0 aromatic heterocycles. The molecule has 8 heteroatoms. The van der Waals surface area contributed by atoms with Crippen LogP contribution in [0.1, 0.15) is 0 Å². The lowest BCUT2D eigenvalue weighted by Gasteiger charge is -2.13. The zero-order valence-corrected chi connectivity index (χ0v) is 14.4. The van der Waals surface area contributed by atoms with E-state index in [9.17, 15) is 8.42 Å². The van der Waals surface area contributed by atoms with Crippen molar-refractivity contribution in [3.63, 3.8) is 0 Å². The number of halogens is 4. The molecule has 0 fully saturated rings. The molecule has 2 rings (SSSR count). The number of hydrogen-bond acceptors (Lipinski definition) is 2. The smallest absolute Gasteiger partial charge is 0.225 e. The molecule has 3 nitrogen and oxygen atoms in total. The Kier molecular flexibility index (Phi) is 4.69. The van der Waals surface area contributed by atoms with Crippen molar-refractivity contribution in [1.82, 2.24) is 0 Å². The summed E-state index contributed by atoms with van der Waals surface area (Å²) in [6.07, 6.45) is 0. The molecule has 0 amide bonds. The molecule has 0 saturated heterocycles. The normalized spacial score (nSPS) is 11.7. The second kappa shape index (κ2) is 5.83. The van der Waals surface area contributed by atoms with Crippen LogP contribution in [-0.4, -0.2) is 8.42 Å². The molecular formula is C12H7BrCl3NO2S. The Bertz CT molecular complexity index is 794. The van der Waals surface area contributed by atoms with Crippen molar-refractivity contribution < 1.29 is 8.42 Å². The molecule has 0 radical (unpaired) electrons. The molecule has 2 N–H and O–H groups in total. The monoisotopic (exact) mass is 413 g/mol. The SMILES string of the molecule is NS(=O)(=O)c1c(-c2cccc(Cl)c2Cl)ccc(Br)c1Cl. The molecule has 20 heavy (non-hydrogen) atoms. The fraction of sp³-hybridized carbons (Fsp3) is 0. The van der Waals surface area contributed by atoms with E-state index < -0.39 is 10.0 Å². The average molecular weight is 416 g/mol. The Morgan fingerprint density at radius 3 is 2.20 bits per heavy atom. The van der Waals surface area contributed by atoms with Gasteiger partial charge < -0.3 is 0 Å². The molecule has 0 atom stereocenters. The van der Waals surface area contributed by atoms with Crippen molar-refractivity contribution >= 4 is 60.8 Å².